The number of alkyl halides is 3. The first-order valence-corrected chi connectivity index (χ1v) is 8.79. The van der Waals surface area contributed by atoms with Crippen LogP contribution in [-0.2, 0) is 0 Å². The number of allylic oxidation sites excluding steroid dienone is 1. The van der Waals surface area contributed by atoms with Gasteiger partial charge in [-0.15, -0.1) is 0 Å². The van der Waals surface area contributed by atoms with Crippen LogP contribution in [0.3, 0.4) is 0 Å². The Kier molecular flexibility index (Phi) is 6.51. The maximum absolute atomic E-state index is 13.6. The second kappa shape index (κ2) is 8.13. The molecule has 0 saturated heterocycles. The first-order chi connectivity index (χ1) is 12.4. The number of rotatable bonds is 4. The van der Waals surface area contributed by atoms with Gasteiger partial charge in [0.2, 0.25) is 0 Å². The zero-order valence-corrected chi connectivity index (χ0v) is 16.4. The highest BCUT2D eigenvalue weighted by molar-refractivity contribution is 6.48. The maximum Gasteiger partial charge on any atom is 0.399 e. The van der Waals surface area contributed by atoms with Crippen molar-refractivity contribution in [3.05, 3.63) is 73.2 Å². The molecule has 0 fully saturated rings. The molecule has 2 rings (SSSR count). The number of hydrogen-bond acceptors (Lipinski definition) is 1. The second-order valence-electron chi connectivity index (χ2n) is 6.01. The normalized spacial score (nSPS) is 13.2. The van der Waals surface area contributed by atoms with Gasteiger partial charge < -0.3 is 5.11 Å². The van der Waals surface area contributed by atoms with Gasteiger partial charge in [0.05, 0.1) is 26.5 Å². The number of benzene rings is 2. The lowest BCUT2D eigenvalue weighted by atomic mass is 9.95. The largest absolute Gasteiger partial charge is 0.478 e. The van der Waals surface area contributed by atoms with Crippen LogP contribution in [0.2, 0.25) is 15.1 Å². The number of carbonyl (C=O) groups is 1. The Hall–Kier alpha value is -1.69. The lowest BCUT2D eigenvalue weighted by molar-refractivity contribution is -0.139. The standard InChI is InChI=1S/C19H14Cl3F3O2/c1-9-5-11(6-10(2)16(9)18(26)27)3-4-13(19(23,24)25)12-7-14(20)17(22)15(21)8-12/h3-8,13H,1-2H3,(H,26,27)/b4-3+. The SMILES string of the molecule is Cc1cc(/C=C/C(c2cc(Cl)c(Cl)c(Cl)c2)C(F)(F)F)cc(C)c1C(=O)O. The quantitative estimate of drug-likeness (QED) is 0.509. The van der Waals surface area contributed by atoms with E-state index >= 15 is 0 Å². The summed E-state index contributed by atoms with van der Waals surface area (Å²) in [5, 5.41) is 9.03. The Balaban J connectivity index is 2.48. The van der Waals surface area contributed by atoms with Gasteiger partial charge in [-0.25, -0.2) is 4.79 Å². The molecule has 1 atom stereocenters. The van der Waals surface area contributed by atoms with E-state index in [0.29, 0.717) is 16.7 Å². The maximum atomic E-state index is 13.6. The Labute approximate surface area is 169 Å². The van der Waals surface area contributed by atoms with Crippen molar-refractivity contribution in [1.82, 2.24) is 0 Å². The monoisotopic (exact) mass is 436 g/mol. The molecule has 0 aromatic heterocycles. The van der Waals surface area contributed by atoms with E-state index in [2.05, 4.69) is 0 Å². The summed E-state index contributed by atoms with van der Waals surface area (Å²) in [5.74, 6) is -3.04. The van der Waals surface area contributed by atoms with Gasteiger partial charge in [0, 0.05) is 0 Å². The first kappa shape index (κ1) is 21.6. The molecule has 0 aliphatic rings. The summed E-state index contributed by atoms with van der Waals surface area (Å²) in [4.78, 5) is 11.2. The fourth-order valence-corrected chi connectivity index (χ4v) is 3.41. The van der Waals surface area contributed by atoms with Crippen molar-refractivity contribution >= 4 is 46.8 Å². The summed E-state index contributed by atoms with van der Waals surface area (Å²) >= 11 is 17.5. The zero-order valence-electron chi connectivity index (χ0n) is 14.2. The van der Waals surface area contributed by atoms with Crippen LogP contribution in [0.25, 0.3) is 6.08 Å². The second-order valence-corrected chi connectivity index (χ2v) is 7.20. The van der Waals surface area contributed by atoms with E-state index in [1.54, 1.807) is 13.8 Å². The highest BCUT2D eigenvalue weighted by atomic mass is 35.5. The van der Waals surface area contributed by atoms with Crippen molar-refractivity contribution in [1.29, 1.82) is 0 Å². The van der Waals surface area contributed by atoms with Crippen molar-refractivity contribution < 1.29 is 23.1 Å². The lowest BCUT2D eigenvalue weighted by Crippen LogP contribution is -2.19. The van der Waals surface area contributed by atoms with Crippen molar-refractivity contribution in [2.75, 3.05) is 0 Å². The molecular weight excluding hydrogens is 424 g/mol. The average molecular weight is 438 g/mol. The third-order valence-corrected chi connectivity index (χ3v) is 5.16. The molecule has 0 amide bonds. The van der Waals surface area contributed by atoms with Crippen molar-refractivity contribution in [2.24, 2.45) is 0 Å². The van der Waals surface area contributed by atoms with E-state index in [1.165, 1.54) is 18.2 Å². The number of aromatic carboxylic acids is 1. The van der Waals surface area contributed by atoms with Crippen LogP contribution in [0, 0.1) is 13.8 Å². The van der Waals surface area contributed by atoms with Crippen molar-refractivity contribution in [3.63, 3.8) is 0 Å². The van der Waals surface area contributed by atoms with Crippen LogP contribution in [0.4, 0.5) is 13.2 Å². The Morgan fingerprint density at radius 3 is 1.93 bits per heavy atom. The number of carboxylic acids is 1. The fourth-order valence-electron chi connectivity index (χ4n) is 2.80. The smallest absolute Gasteiger partial charge is 0.399 e. The summed E-state index contributed by atoms with van der Waals surface area (Å²) in [7, 11) is 0. The molecule has 27 heavy (non-hydrogen) atoms. The first-order valence-electron chi connectivity index (χ1n) is 7.65. The van der Waals surface area contributed by atoms with E-state index in [0.717, 1.165) is 18.2 Å². The molecule has 0 saturated carbocycles. The Morgan fingerprint density at radius 2 is 1.52 bits per heavy atom. The molecule has 0 bridgehead atoms. The summed E-state index contributed by atoms with van der Waals surface area (Å²) in [6.07, 6.45) is -2.31. The van der Waals surface area contributed by atoms with E-state index in [1.807, 2.05) is 0 Å². The van der Waals surface area contributed by atoms with E-state index in [-0.39, 0.29) is 26.2 Å². The molecule has 8 heteroatoms. The minimum atomic E-state index is -4.58. The highest BCUT2D eigenvalue weighted by Gasteiger charge is 2.39. The number of aryl methyl sites for hydroxylation is 2. The Bertz CT molecular complexity index is 875. The van der Waals surface area contributed by atoms with Crippen LogP contribution in [0.5, 0.6) is 0 Å². The molecule has 2 nitrogen and oxygen atoms in total. The van der Waals surface area contributed by atoms with Crippen molar-refractivity contribution in [2.45, 2.75) is 25.9 Å². The molecule has 0 aliphatic heterocycles. The van der Waals surface area contributed by atoms with Gasteiger partial charge in [-0.1, -0.05) is 59.1 Å². The molecule has 2 aromatic carbocycles. The third-order valence-electron chi connectivity index (χ3n) is 3.97. The van der Waals surface area contributed by atoms with Crippen LogP contribution in [-0.4, -0.2) is 17.3 Å². The topological polar surface area (TPSA) is 37.3 Å². The molecule has 2 aromatic rings. The van der Waals surface area contributed by atoms with Crippen LogP contribution < -0.4 is 0 Å². The minimum Gasteiger partial charge on any atom is -0.478 e. The lowest BCUT2D eigenvalue weighted by Gasteiger charge is -2.18. The number of carboxylic acid groups (broad SMARTS) is 1. The Morgan fingerprint density at radius 1 is 1.04 bits per heavy atom. The molecular formula is C19H14Cl3F3O2. The fraction of sp³-hybridized carbons (Fsp3) is 0.211. The summed E-state index contributed by atoms with van der Waals surface area (Å²) < 4.78 is 40.7. The molecule has 0 aliphatic carbocycles. The van der Waals surface area contributed by atoms with Gasteiger partial charge in [0.1, 0.15) is 0 Å². The molecule has 1 N–H and O–H groups in total. The van der Waals surface area contributed by atoms with Crippen LogP contribution in [0.1, 0.15) is 38.5 Å². The van der Waals surface area contributed by atoms with Gasteiger partial charge in [-0.2, -0.15) is 13.2 Å². The predicted octanol–water partition coefficient (Wildman–Crippen LogP) is 7.32. The van der Waals surface area contributed by atoms with E-state index < -0.39 is 18.1 Å². The number of hydrogen-bond donors (Lipinski definition) is 1. The van der Waals surface area contributed by atoms with E-state index in [9.17, 15) is 23.1 Å². The summed E-state index contributed by atoms with van der Waals surface area (Å²) in [5.41, 5.74) is 1.37. The third kappa shape index (κ3) is 4.98. The predicted molar refractivity (Wildman–Crippen MR) is 102 cm³/mol. The van der Waals surface area contributed by atoms with Gasteiger partial charge in [-0.05, 0) is 48.2 Å². The van der Waals surface area contributed by atoms with Crippen molar-refractivity contribution in [3.8, 4) is 0 Å². The molecule has 0 radical (unpaired) electrons. The molecule has 1 unspecified atom stereocenters. The molecule has 144 valence electrons. The minimum absolute atomic E-state index is 0.0116. The zero-order chi connectivity index (χ0) is 20.5. The highest BCUT2D eigenvalue weighted by Crippen LogP contribution is 2.41. The van der Waals surface area contributed by atoms with E-state index in [4.69, 9.17) is 34.8 Å². The average Bonchev–Trinajstić information content (AvgIpc) is 2.50. The van der Waals surface area contributed by atoms with Gasteiger partial charge >= 0.3 is 12.1 Å². The van der Waals surface area contributed by atoms with Crippen LogP contribution in [0.15, 0.2) is 30.3 Å². The van der Waals surface area contributed by atoms with Gasteiger partial charge in [-0.3, -0.25) is 0 Å². The molecule has 0 spiro atoms. The summed E-state index contributed by atoms with van der Waals surface area (Å²) in [6, 6.07) is 5.29. The van der Waals surface area contributed by atoms with Gasteiger partial charge in [0.15, 0.2) is 0 Å². The summed E-state index contributed by atoms with van der Waals surface area (Å²) in [6.45, 7) is 3.18. The van der Waals surface area contributed by atoms with Gasteiger partial charge in [0.25, 0.3) is 0 Å². The number of halogens is 6. The van der Waals surface area contributed by atoms with Crippen LogP contribution >= 0.6 is 34.8 Å². The molecule has 0 heterocycles.